The SMILES string of the molecule is COc1ccc(Nc2nc3ccc(Br)cc3c(-c3ccccc3)c2-c2ccc3c(-c4ccccc4)c(Br)ccc3n2)cc1. The van der Waals surface area contributed by atoms with Crippen molar-refractivity contribution in [3.63, 3.8) is 0 Å². The second-order valence-electron chi connectivity index (χ2n) is 10.1. The lowest BCUT2D eigenvalue weighted by Gasteiger charge is -2.19. The number of nitrogens with zero attached hydrogens (tertiary/aromatic N) is 2. The van der Waals surface area contributed by atoms with Crippen molar-refractivity contribution in [2.45, 2.75) is 0 Å². The number of benzene rings is 5. The molecule has 0 saturated carbocycles. The minimum absolute atomic E-state index is 0.728. The Labute approximate surface area is 266 Å². The van der Waals surface area contributed by atoms with Crippen LogP contribution in [0.25, 0.3) is 55.3 Å². The van der Waals surface area contributed by atoms with E-state index in [1.54, 1.807) is 7.11 Å². The highest BCUT2D eigenvalue weighted by atomic mass is 79.9. The van der Waals surface area contributed by atoms with Crippen LogP contribution in [0.15, 0.2) is 136 Å². The van der Waals surface area contributed by atoms with Gasteiger partial charge < -0.3 is 10.1 Å². The normalized spacial score (nSPS) is 11.1. The van der Waals surface area contributed by atoms with E-state index in [1.165, 1.54) is 0 Å². The quantitative estimate of drug-likeness (QED) is 0.189. The molecule has 2 aromatic heterocycles. The smallest absolute Gasteiger partial charge is 0.141 e. The number of hydrogen-bond donors (Lipinski definition) is 1. The van der Waals surface area contributed by atoms with Gasteiger partial charge in [0, 0.05) is 36.5 Å². The highest BCUT2D eigenvalue weighted by Crippen LogP contribution is 2.44. The maximum absolute atomic E-state index is 5.39. The first-order valence-electron chi connectivity index (χ1n) is 13.8. The van der Waals surface area contributed by atoms with Crippen molar-refractivity contribution in [1.82, 2.24) is 9.97 Å². The number of hydrogen-bond acceptors (Lipinski definition) is 4. The highest BCUT2D eigenvalue weighted by molar-refractivity contribution is 9.10. The molecule has 0 spiro atoms. The molecule has 7 rings (SSSR count). The Hall–Kier alpha value is -4.52. The molecule has 0 radical (unpaired) electrons. The van der Waals surface area contributed by atoms with Gasteiger partial charge in [0.25, 0.3) is 0 Å². The van der Waals surface area contributed by atoms with Crippen molar-refractivity contribution in [2.24, 2.45) is 0 Å². The summed E-state index contributed by atoms with van der Waals surface area (Å²) in [6.45, 7) is 0. The third kappa shape index (κ3) is 5.29. The summed E-state index contributed by atoms with van der Waals surface area (Å²) < 4.78 is 7.41. The van der Waals surface area contributed by atoms with E-state index in [-0.39, 0.29) is 0 Å². The Balaban J connectivity index is 1.52. The first-order valence-corrected chi connectivity index (χ1v) is 15.4. The third-order valence-electron chi connectivity index (χ3n) is 7.50. The van der Waals surface area contributed by atoms with Gasteiger partial charge in [-0.15, -0.1) is 0 Å². The molecule has 5 aromatic carbocycles. The van der Waals surface area contributed by atoms with Crippen LogP contribution in [0.3, 0.4) is 0 Å². The monoisotopic (exact) mass is 685 g/mol. The Morgan fingerprint density at radius 1 is 0.581 bits per heavy atom. The summed E-state index contributed by atoms with van der Waals surface area (Å²) >= 11 is 7.49. The third-order valence-corrected chi connectivity index (χ3v) is 8.66. The van der Waals surface area contributed by atoms with Gasteiger partial charge in [-0.1, -0.05) is 92.5 Å². The van der Waals surface area contributed by atoms with Crippen molar-refractivity contribution < 1.29 is 4.74 Å². The number of ether oxygens (including phenoxy) is 1. The van der Waals surface area contributed by atoms with Gasteiger partial charge in [0.1, 0.15) is 11.6 Å². The molecule has 0 aliphatic heterocycles. The minimum Gasteiger partial charge on any atom is -0.497 e. The van der Waals surface area contributed by atoms with Crippen LogP contribution < -0.4 is 10.1 Å². The Morgan fingerprint density at radius 2 is 1.23 bits per heavy atom. The second kappa shape index (κ2) is 11.6. The summed E-state index contributed by atoms with van der Waals surface area (Å²) in [7, 11) is 1.67. The molecule has 4 nitrogen and oxygen atoms in total. The van der Waals surface area contributed by atoms with E-state index in [4.69, 9.17) is 14.7 Å². The van der Waals surface area contributed by atoms with E-state index >= 15 is 0 Å². The van der Waals surface area contributed by atoms with Crippen molar-refractivity contribution in [3.05, 3.63) is 136 Å². The molecule has 0 fully saturated rings. The maximum atomic E-state index is 5.39. The minimum atomic E-state index is 0.728. The molecule has 2 heterocycles. The lowest BCUT2D eigenvalue weighted by atomic mass is 9.93. The summed E-state index contributed by atoms with van der Waals surface area (Å²) in [6.07, 6.45) is 0. The average Bonchev–Trinajstić information content (AvgIpc) is 3.05. The zero-order valence-electron chi connectivity index (χ0n) is 23.2. The number of methoxy groups -OCH3 is 1. The predicted octanol–water partition coefficient (Wildman–Crippen LogP) is 11.1. The van der Waals surface area contributed by atoms with Gasteiger partial charge in [-0.05, 0) is 77.9 Å². The number of halogens is 2. The standard InChI is InChI=1S/C37H25Br2N3O/c1-43-27-15-13-26(14-16-27)40-37-36(35(24-10-6-3-7-11-24)29-22-25(38)12-19-32(29)42-37)33-20-17-28-31(41-33)21-18-30(39)34(28)23-8-4-2-5-9-23/h2-22H,1H3,(H,40,42). The van der Waals surface area contributed by atoms with E-state index in [9.17, 15) is 0 Å². The first kappa shape index (κ1) is 27.3. The molecule has 7 aromatic rings. The van der Waals surface area contributed by atoms with Gasteiger partial charge >= 0.3 is 0 Å². The fraction of sp³-hybridized carbons (Fsp3) is 0.0270. The number of aromatic nitrogens is 2. The summed E-state index contributed by atoms with van der Waals surface area (Å²) in [5, 5.41) is 5.72. The second-order valence-corrected chi connectivity index (χ2v) is 11.9. The zero-order chi connectivity index (χ0) is 29.3. The molecule has 0 aliphatic carbocycles. The molecule has 0 unspecified atom stereocenters. The fourth-order valence-electron chi connectivity index (χ4n) is 5.51. The van der Waals surface area contributed by atoms with Crippen LogP contribution in [0.2, 0.25) is 0 Å². The first-order chi connectivity index (χ1) is 21.1. The molecule has 0 saturated heterocycles. The van der Waals surface area contributed by atoms with Crippen molar-refractivity contribution in [2.75, 3.05) is 12.4 Å². The summed E-state index contributed by atoms with van der Waals surface area (Å²) in [6, 6.07) is 43.4. The molecule has 0 amide bonds. The summed E-state index contributed by atoms with van der Waals surface area (Å²) in [4.78, 5) is 10.5. The van der Waals surface area contributed by atoms with Gasteiger partial charge in [0.05, 0.1) is 29.4 Å². The molecule has 0 atom stereocenters. The molecular formula is C37H25Br2N3O. The van der Waals surface area contributed by atoms with Crippen molar-refractivity contribution in [1.29, 1.82) is 0 Å². The molecular weight excluding hydrogens is 662 g/mol. The van der Waals surface area contributed by atoms with Gasteiger partial charge in [-0.25, -0.2) is 9.97 Å². The highest BCUT2D eigenvalue weighted by Gasteiger charge is 2.21. The van der Waals surface area contributed by atoms with Crippen LogP contribution in [0, 0.1) is 0 Å². The largest absolute Gasteiger partial charge is 0.497 e. The molecule has 208 valence electrons. The van der Waals surface area contributed by atoms with Gasteiger partial charge in [-0.3, -0.25) is 0 Å². The van der Waals surface area contributed by atoms with Gasteiger partial charge in [-0.2, -0.15) is 0 Å². The van der Waals surface area contributed by atoms with E-state index < -0.39 is 0 Å². The van der Waals surface area contributed by atoms with Crippen LogP contribution in [0.1, 0.15) is 0 Å². The van der Waals surface area contributed by atoms with Crippen LogP contribution in [-0.4, -0.2) is 17.1 Å². The van der Waals surface area contributed by atoms with Gasteiger partial charge in [0.2, 0.25) is 0 Å². The fourth-order valence-corrected chi connectivity index (χ4v) is 6.44. The zero-order valence-corrected chi connectivity index (χ0v) is 26.4. The van der Waals surface area contributed by atoms with E-state index in [2.05, 4.69) is 116 Å². The van der Waals surface area contributed by atoms with E-state index in [1.807, 2.05) is 48.5 Å². The number of fused-ring (bicyclic) bond motifs is 2. The average molecular weight is 687 g/mol. The van der Waals surface area contributed by atoms with E-state index in [0.717, 1.165) is 81.5 Å². The number of nitrogens with one attached hydrogen (secondary N) is 1. The van der Waals surface area contributed by atoms with Crippen LogP contribution in [-0.2, 0) is 0 Å². The topological polar surface area (TPSA) is 47.0 Å². The lowest BCUT2D eigenvalue weighted by molar-refractivity contribution is 0.415. The van der Waals surface area contributed by atoms with Crippen molar-refractivity contribution in [3.8, 4) is 39.3 Å². The summed E-state index contributed by atoms with van der Waals surface area (Å²) in [5.74, 6) is 1.52. The molecule has 0 aliphatic rings. The lowest BCUT2D eigenvalue weighted by Crippen LogP contribution is -2.02. The number of anilines is 2. The molecule has 0 bridgehead atoms. The van der Waals surface area contributed by atoms with Crippen LogP contribution >= 0.6 is 31.9 Å². The Bertz CT molecular complexity index is 2100. The van der Waals surface area contributed by atoms with Crippen molar-refractivity contribution >= 4 is 65.2 Å². The number of pyridine rings is 2. The predicted molar refractivity (Wildman–Crippen MR) is 185 cm³/mol. The molecule has 43 heavy (non-hydrogen) atoms. The maximum Gasteiger partial charge on any atom is 0.141 e. The molecule has 1 N–H and O–H groups in total. The van der Waals surface area contributed by atoms with E-state index in [0.29, 0.717) is 0 Å². The Morgan fingerprint density at radius 3 is 1.93 bits per heavy atom. The Kier molecular flexibility index (Phi) is 7.39. The molecule has 6 heteroatoms. The summed E-state index contributed by atoms with van der Waals surface area (Å²) in [5.41, 5.74) is 8.87. The van der Waals surface area contributed by atoms with Gasteiger partial charge in [0.15, 0.2) is 0 Å². The van der Waals surface area contributed by atoms with Crippen LogP contribution in [0.5, 0.6) is 5.75 Å². The van der Waals surface area contributed by atoms with Crippen LogP contribution in [0.4, 0.5) is 11.5 Å². The number of rotatable bonds is 6.